The number of hydrogen-bond acceptors (Lipinski definition) is 2. The van der Waals surface area contributed by atoms with Crippen molar-refractivity contribution in [2.75, 3.05) is 6.54 Å². The maximum absolute atomic E-state index is 12.1. The molecule has 0 unspecified atom stereocenters. The summed E-state index contributed by atoms with van der Waals surface area (Å²) >= 11 is 11.7. The molecule has 0 saturated carbocycles. The molecule has 1 N–H and O–H groups in total. The van der Waals surface area contributed by atoms with Gasteiger partial charge in [-0.15, -0.1) is 0 Å². The van der Waals surface area contributed by atoms with Gasteiger partial charge in [-0.3, -0.25) is 0 Å². The second-order valence-corrected chi connectivity index (χ2v) is 6.79. The van der Waals surface area contributed by atoms with Gasteiger partial charge in [0, 0.05) is 11.6 Å². The van der Waals surface area contributed by atoms with Crippen molar-refractivity contribution in [2.24, 2.45) is 0 Å². The number of hydrogen-bond donors (Lipinski definition) is 1. The topological polar surface area (TPSA) is 46.2 Å². The lowest BCUT2D eigenvalue weighted by Gasteiger charge is -2.08. The average molecular weight is 330 g/mol. The first-order chi connectivity index (χ1) is 9.49. The zero-order valence-corrected chi connectivity index (χ0v) is 12.8. The first-order valence-corrected chi connectivity index (χ1v) is 8.21. The van der Waals surface area contributed by atoms with Crippen molar-refractivity contribution in [3.8, 4) is 0 Å². The third kappa shape index (κ3) is 3.96. The number of halogens is 2. The van der Waals surface area contributed by atoms with E-state index in [1.54, 1.807) is 0 Å². The number of rotatable bonds is 5. The molecular weight excluding hydrogens is 317 g/mol. The van der Waals surface area contributed by atoms with Gasteiger partial charge < -0.3 is 0 Å². The minimum atomic E-state index is -3.62. The third-order valence-corrected chi connectivity index (χ3v) is 4.91. The summed E-state index contributed by atoms with van der Waals surface area (Å²) in [5, 5.41) is 0.517. The van der Waals surface area contributed by atoms with Crippen molar-refractivity contribution in [1.82, 2.24) is 4.72 Å². The predicted octanol–water partition coefficient (Wildman–Crippen LogP) is 3.51. The third-order valence-electron chi connectivity index (χ3n) is 2.73. The number of nitrogens with one attached hydrogen (secondary N) is 1. The molecule has 0 radical (unpaired) electrons. The molecule has 3 nitrogen and oxygen atoms in total. The first kappa shape index (κ1) is 15.3. The van der Waals surface area contributed by atoms with Gasteiger partial charge in [-0.1, -0.05) is 53.5 Å². The largest absolute Gasteiger partial charge is 0.242 e. The summed E-state index contributed by atoms with van der Waals surface area (Å²) in [6, 6.07) is 14.0. The maximum atomic E-state index is 12.1. The van der Waals surface area contributed by atoms with Crippen LogP contribution in [0.15, 0.2) is 53.4 Å². The number of sulfonamides is 1. The summed E-state index contributed by atoms with van der Waals surface area (Å²) in [5.41, 5.74) is 1.07. The molecule has 0 aromatic heterocycles. The van der Waals surface area contributed by atoms with E-state index in [0.29, 0.717) is 18.0 Å². The van der Waals surface area contributed by atoms with Crippen molar-refractivity contribution < 1.29 is 8.42 Å². The molecule has 0 spiro atoms. The summed E-state index contributed by atoms with van der Waals surface area (Å²) < 4.78 is 26.8. The molecule has 106 valence electrons. The molecule has 0 bridgehead atoms. The van der Waals surface area contributed by atoms with E-state index >= 15 is 0 Å². The van der Waals surface area contributed by atoms with Gasteiger partial charge in [0.1, 0.15) is 4.90 Å². The predicted molar refractivity (Wildman–Crippen MR) is 81.8 cm³/mol. The van der Waals surface area contributed by atoms with Gasteiger partial charge in [-0.2, -0.15) is 0 Å². The van der Waals surface area contributed by atoms with Crippen LogP contribution in [0.2, 0.25) is 10.0 Å². The highest BCUT2D eigenvalue weighted by molar-refractivity contribution is 7.89. The van der Waals surface area contributed by atoms with E-state index in [-0.39, 0.29) is 9.92 Å². The van der Waals surface area contributed by atoms with Crippen LogP contribution in [0.5, 0.6) is 0 Å². The minimum absolute atomic E-state index is 0.0385. The first-order valence-electron chi connectivity index (χ1n) is 5.98. The second-order valence-electron chi connectivity index (χ2n) is 4.21. The van der Waals surface area contributed by atoms with E-state index in [9.17, 15) is 8.42 Å². The molecular formula is C14H13Cl2NO2S. The molecule has 6 heteroatoms. The summed E-state index contributed by atoms with van der Waals surface area (Å²) in [6.07, 6.45) is 0.616. The SMILES string of the molecule is O=S(=O)(NCCc1ccccc1)c1ccc(Cl)cc1Cl. The van der Waals surface area contributed by atoms with E-state index in [0.717, 1.165) is 5.56 Å². The second kappa shape index (κ2) is 6.59. The van der Waals surface area contributed by atoms with E-state index in [1.165, 1.54) is 18.2 Å². The molecule has 0 saturated heterocycles. The highest BCUT2D eigenvalue weighted by Crippen LogP contribution is 2.24. The molecule has 0 amide bonds. The molecule has 0 aliphatic rings. The van der Waals surface area contributed by atoms with Crippen LogP contribution in [0.1, 0.15) is 5.56 Å². The van der Waals surface area contributed by atoms with Crippen LogP contribution in [0.4, 0.5) is 0 Å². The fourth-order valence-electron chi connectivity index (χ4n) is 1.75. The van der Waals surface area contributed by atoms with Crippen LogP contribution in [-0.4, -0.2) is 15.0 Å². The summed E-state index contributed by atoms with van der Waals surface area (Å²) in [6.45, 7) is 0.311. The zero-order chi connectivity index (χ0) is 14.6. The molecule has 0 fully saturated rings. The van der Waals surface area contributed by atoms with Crippen molar-refractivity contribution in [2.45, 2.75) is 11.3 Å². The monoisotopic (exact) mass is 329 g/mol. The maximum Gasteiger partial charge on any atom is 0.242 e. The van der Waals surface area contributed by atoms with Crippen LogP contribution < -0.4 is 4.72 Å². The zero-order valence-electron chi connectivity index (χ0n) is 10.5. The lowest BCUT2D eigenvalue weighted by molar-refractivity contribution is 0.581. The van der Waals surface area contributed by atoms with Gasteiger partial charge in [0.15, 0.2) is 0 Å². The minimum Gasteiger partial charge on any atom is -0.211 e. The Hall–Kier alpha value is -1.07. The van der Waals surface area contributed by atoms with Crippen molar-refractivity contribution >= 4 is 33.2 Å². The Balaban J connectivity index is 2.04. The molecule has 0 atom stereocenters. The Morgan fingerprint density at radius 2 is 1.70 bits per heavy atom. The molecule has 2 rings (SSSR count). The highest BCUT2D eigenvalue weighted by Gasteiger charge is 2.17. The van der Waals surface area contributed by atoms with E-state index in [2.05, 4.69) is 4.72 Å². The van der Waals surface area contributed by atoms with Crippen LogP contribution in [0.25, 0.3) is 0 Å². The average Bonchev–Trinajstić information content (AvgIpc) is 2.39. The van der Waals surface area contributed by atoms with Crippen LogP contribution in [0.3, 0.4) is 0 Å². The van der Waals surface area contributed by atoms with Crippen molar-refractivity contribution in [1.29, 1.82) is 0 Å². The Labute approximate surface area is 128 Å². The van der Waals surface area contributed by atoms with E-state index in [1.807, 2.05) is 30.3 Å². The van der Waals surface area contributed by atoms with Crippen LogP contribution >= 0.6 is 23.2 Å². The Kier molecular flexibility index (Phi) is 5.05. The summed E-state index contributed by atoms with van der Waals surface area (Å²) in [4.78, 5) is 0.0385. The summed E-state index contributed by atoms with van der Waals surface area (Å²) in [5.74, 6) is 0. The van der Waals surface area contributed by atoms with Crippen molar-refractivity contribution in [3.63, 3.8) is 0 Å². The van der Waals surface area contributed by atoms with Gasteiger partial charge in [0.25, 0.3) is 0 Å². The molecule has 2 aromatic carbocycles. The van der Waals surface area contributed by atoms with Gasteiger partial charge in [0.2, 0.25) is 10.0 Å². The highest BCUT2D eigenvalue weighted by atomic mass is 35.5. The Bertz CT molecular complexity index is 688. The van der Waals surface area contributed by atoms with E-state index in [4.69, 9.17) is 23.2 Å². The van der Waals surface area contributed by atoms with Gasteiger partial charge >= 0.3 is 0 Å². The molecule has 0 heterocycles. The lowest BCUT2D eigenvalue weighted by Crippen LogP contribution is -2.26. The fourth-order valence-corrected chi connectivity index (χ4v) is 3.55. The van der Waals surface area contributed by atoms with E-state index < -0.39 is 10.0 Å². The molecule has 2 aromatic rings. The van der Waals surface area contributed by atoms with Crippen molar-refractivity contribution in [3.05, 3.63) is 64.1 Å². The lowest BCUT2D eigenvalue weighted by atomic mass is 10.2. The van der Waals surface area contributed by atoms with Gasteiger partial charge in [-0.25, -0.2) is 13.1 Å². The summed E-state index contributed by atoms with van der Waals surface area (Å²) in [7, 11) is -3.62. The normalized spacial score (nSPS) is 11.5. The van der Waals surface area contributed by atoms with Gasteiger partial charge in [-0.05, 0) is 30.2 Å². The fraction of sp³-hybridized carbons (Fsp3) is 0.143. The smallest absolute Gasteiger partial charge is 0.211 e. The van der Waals surface area contributed by atoms with Gasteiger partial charge in [0.05, 0.1) is 5.02 Å². The van der Waals surface area contributed by atoms with Crippen LogP contribution in [-0.2, 0) is 16.4 Å². The number of benzene rings is 2. The van der Waals surface area contributed by atoms with Crippen LogP contribution in [0, 0.1) is 0 Å². The molecule has 0 aliphatic heterocycles. The standard InChI is InChI=1S/C14H13Cl2NO2S/c15-12-6-7-14(13(16)10-12)20(18,19)17-9-8-11-4-2-1-3-5-11/h1-7,10,17H,8-9H2. The quantitative estimate of drug-likeness (QED) is 0.912. The Morgan fingerprint density at radius 1 is 1.00 bits per heavy atom. The molecule has 0 aliphatic carbocycles. The Morgan fingerprint density at radius 3 is 2.35 bits per heavy atom. The molecule has 20 heavy (non-hydrogen) atoms.